The number of nitrogens with one attached hydrogen (secondary N) is 2. The van der Waals surface area contributed by atoms with E-state index in [1.54, 1.807) is 30.3 Å². The lowest BCUT2D eigenvalue weighted by molar-refractivity contribution is -0.114. The predicted molar refractivity (Wildman–Crippen MR) is 121 cm³/mol. The van der Waals surface area contributed by atoms with Crippen LogP contribution in [0.25, 0.3) is 6.08 Å². The highest BCUT2D eigenvalue weighted by atomic mass is 35.5. The molecule has 0 unspecified atom stereocenters. The van der Waals surface area contributed by atoms with Gasteiger partial charge in [-0.2, -0.15) is 0 Å². The lowest BCUT2D eigenvalue weighted by atomic mass is 10.2. The molecule has 29 heavy (non-hydrogen) atoms. The fraction of sp³-hybridized carbons (Fsp3) is 0.0435. The third-order valence-electron chi connectivity index (χ3n) is 3.83. The zero-order valence-corrected chi connectivity index (χ0v) is 17.0. The van der Waals surface area contributed by atoms with E-state index in [0.29, 0.717) is 16.4 Å². The lowest BCUT2D eigenvalue weighted by Gasteiger charge is -2.07. The minimum Gasteiger partial charge on any atom is -0.325 e. The van der Waals surface area contributed by atoms with Crippen LogP contribution in [0.2, 0.25) is 5.02 Å². The largest absolute Gasteiger partial charge is 0.325 e. The number of carbonyl (C=O) groups excluding carboxylic acids is 2. The minimum absolute atomic E-state index is 0.113. The summed E-state index contributed by atoms with van der Waals surface area (Å²) in [5.41, 5.74) is 2.33. The number of hydrogen-bond acceptors (Lipinski definition) is 3. The Balaban J connectivity index is 1.51. The summed E-state index contributed by atoms with van der Waals surface area (Å²) in [6.07, 6.45) is 3.25. The van der Waals surface area contributed by atoms with E-state index >= 15 is 0 Å². The topological polar surface area (TPSA) is 58.2 Å². The molecule has 3 aromatic rings. The molecule has 6 heteroatoms. The number of halogens is 1. The van der Waals surface area contributed by atoms with Gasteiger partial charge >= 0.3 is 0 Å². The molecule has 0 spiro atoms. The third-order valence-corrected chi connectivity index (χ3v) is 5.07. The average molecular weight is 423 g/mol. The van der Waals surface area contributed by atoms with Crippen molar-refractivity contribution in [3.8, 4) is 0 Å². The van der Waals surface area contributed by atoms with Gasteiger partial charge in [0.1, 0.15) is 0 Å². The number of thioether (sulfide) groups is 1. The molecule has 0 radical (unpaired) electrons. The maximum Gasteiger partial charge on any atom is 0.248 e. The van der Waals surface area contributed by atoms with Gasteiger partial charge in [0.15, 0.2) is 0 Å². The van der Waals surface area contributed by atoms with Crippen LogP contribution in [0.5, 0.6) is 0 Å². The Morgan fingerprint density at radius 3 is 2.38 bits per heavy atom. The monoisotopic (exact) mass is 422 g/mol. The Kier molecular flexibility index (Phi) is 7.50. The molecule has 0 heterocycles. The fourth-order valence-corrected chi connectivity index (χ4v) is 3.34. The van der Waals surface area contributed by atoms with Gasteiger partial charge in [0.05, 0.1) is 5.75 Å². The highest BCUT2D eigenvalue weighted by Crippen LogP contribution is 2.22. The van der Waals surface area contributed by atoms with E-state index in [4.69, 9.17) is 11.6 Å². The van der Waals surface area contributed by atoms with Crippen molar-refractivity contribution in [3.63, 3.8) is 0 Å². The fourth-order valence-electron chi connectivity index (χ4n) is 2.46. The molecule has 2 amide bonds. The van der Waals surface area contributed by atoms with Gasteiger partial charge in [0.25, 0.3) is 0 Å². The van der Waals surface area contributed by atoms with Gasteiger partial charge in [-0.3, -0.25) is 9.59 Å². The third kappa shape index (κ3) is 7.14. The standard InChI is InChI=1S/C23H19ClN2O2S/c24-18-10-12-19(13-11-18)25-23(28)16-29-21-8-4-7-20(15-21)26-22(27)14-9-17-5-2-1-3-6-17/h1-15H,16H2,(H,25,28)(H,26,27)/b14-9+. The molecule has 3 rings (SSSR count). The van der Waals surface area contributed by atoms with Crippen LogP contribution < -0.4 is 10.6 Å². The quantitative estimate of drug-likeness (QED) is 0.378. The molecule has 0 fully saturated rings. The molecule has 3 aromatic carbocycles. The van der Waals surface area contributed by atoms with Crippen LogP contribution >= 0.6 is 23.4 Å². The summed E-state index contributed by atoms with van der Waals surface area (Å²) in [6, 6.07) is 24.0. The number of amides is 2. The van der Waals surface area contributed by atoms with E-state index in [9.17, 15) is 9.59 Å². The first-order chi connectivity index (χ1) is 14.1. The molecule has 2 N–H and O–H groups in total. The van der Waals surface area contributed by atoms with Gasteiger partial charge in [-0.15, -0.1) is 11.8 Å². The normalized spacial score (nSPS) is 10.7. The summed E-state index contributed by atoms with van der Waals surface area (Å²) < 4.78 is 0. The van der Waals surface area contributed by atoms with Gasteiger partial charge in [-0.1, -0.05) is 48.0 Å². The van der Waals surface area contributed by atoms with E-state index < -0.39 is 0 Å². The molecule has 0 aliphatic rings. The first kappa shape index (κ1) is 20.7. The van der Waals surface area contributed by atoms with E-state index in [1.165, 1.54) is 17.8 Å². The molecule has 146 valence electrons. The zero-order valence-electron chi connectivity index (χ0n) is 15.5. The molecule has 0 atom stereocenters. The molecular weight excluding hydrogens is 404 g/mol. The number of carbonyl (C=O) groups is 2. The van der Waals surface area contributed by atoms with Crippen molar-refractivity contribution in [1.29, 1.82) is 0 Å². The lowest BCUT2D eigenvalue weighted by Crippen LogP contribution is -2.13. The maximum absolute atomic E-state index is 12.1. The van der Waals surface area contributed by atoms with E-state index in [2.05, 4.69) is 10.6 Å². The summed E-state index contributed by atoms with van der Waals surface area (Å²) in [6.45, 7) is 0. The maximum atomic E-state index is 12.1. The van der Waals surface area contributed by atoms with Gasteiger partial charge < -0.3 is 10.6 Å². The molecule has 0 aromatic heterocycles. The summed E-state index contributed by atoms with van der Waals surface area (Å²) in [4.78, 5) is 25.1. The summed E-state index contributed by atoms with van der Waals surface area (Å²) in [5.74, 6) is -0.0671. The second kappa shape index (κ2) is 10.5. The molecule has 4 nitrogen and oxygen atoms in total. The predicted octanol–water partition coefficient (Wildman–Crippen LogP) is 5.72. The molecule has 0 saturated heterocycles. The number of hydrogen-bond donors (Lipinski definition) is 2. The summed E-state index contributed by atoms with van der Waals surface area (Å²) in [7, 11) is 0. The van der Waals surface area contributed by atoms with Gasteiger partial charge in [-0.05, 0) is 54.1 Å². The smallest absolute Gasteiger partial charge is 0.248 e. The van der Waals surface area contributed by atoms with Gasteiger partial charge in [-0.25, -0.2) is 0 Å². The molecule has 0 aliphatic carbocycles. The van der Waals surface area contributed by atoms with Crippen molar-refractivity contribution >= 4 is 52.6 Å². The van der Waals surface area contributed by atoms with E-state index in [1.807, 2.05) is 54.6 Å². The second-order valence-electron chi connectivity index (χ2n) is 6.10. The zero-order chi connectivity index (χ0) is 20.5. The Morgan fingerprint density at radius 2 is 1.62 bits per heavy atom. The molecule has 0 saturated carbocycles. The van der Waals surface area contributed by atoms with Crippen molar-refractivity contribution in [2.24, 2.45) is 0 Å². The Bertz CT molecular complexity index is 1000. The van der Waals surface area contributed by atoms with Crippen molar-refractivity contribution in [3.05, 3.63) is 95.5 Å². The first-order valence-corrected chi connectivity index (χ1v) is 10.3. The molecular formula is C23H19ClN2O2S. The first-order valence-electron chi connectivity index (χ1n) is 8.91. The van der Waals surface area contributed by atoms with Crippen molar-refractivity contribution < 1.29 is 9.59 Å². The van der Waals surface area contributed by atoms with Crippen molar-refractivity contribution in [1.82, 2.24) is 0 Å². The minimum atomic E-state index is -0.212. The Morgan fingerprint density at radius 1 is 0.862 bits per heavy atom. The van der Waals surface area contributed by atoms with Crippen LogP contribution in [0.3, 0.4) is 0 Å². The van der Waals surface area contributed by atoms with Crippen molar-refractivity contribution in [2.75, 3.05) is 16.4 Å². The van der Waals surface area contributed by atoms with Crippen LogP contribution in [0.1, 0.15) is 5.56 Å². The summed E-state index contributed by atoms with van der Waals surface area (Å²) >= 11 is 7.24. The Hall–Kier alpha value is -3.02. The number of anilines is 2. The van der Waals surface area contributed by atoms with Gasteiger partial charge in [0, 0.05) is 27.4 Å². The summed E-state index contributed by atoms with van der Waals surface area (Å²) in [5, 5.41) is 6.27. The van der Waals surface area contributed by atoms with Crippen LogP contribution in [-0.4, -0.2) is 17.6 Å². The SMILES string of the molecule is O=C(/C=C/c1ccccc1)Nc1cccc(SCC(=O)Nc2ccc(Cl)cc2)c1. The number of rotatable bonds is 7. The van der Waals surface area contributed by atoms with Crippen LogP contribution in [0.4, 0.5) is 11.4 Å². The van der Waals surface area contributed by atoms with Crippen LogP contribution in [0.15, 0.2) is 89.8 Å². The van der Waals surface area contributed by atoms with Crippen molar-refractivity contribution in [2.45, 2.75) is 4.90 Å². The average Bonchev–Trinajstić information content (AvgIpc) is 2.73. The Labute approximate surface area is 179 Å². The van der Waals surface area contributed by atoms with Gasteiger partial charge in [0.2, 0.25) is 11.8 Å². The molecule has 0 aliphatic heterocycles. The second-order valence-corrected chi connectivity index (χ2v) is 7.59. The van der Waals surface area contributed by atoms with Crippen LogP contribution in [-0.2, 0) is 9.59 Å². The van der Waals surface area contributed by atoms with Crippen LogP contribution in [0, 0.1) is 0 Å². The molecule has 0 bridgehead atoms. The van der Waals surface area contributed by atoms with E-state index in [0.717, 1.165) is 10.5 Å². The van der Waals surface area contributed by atoms with E-state index in [-0.39, 0.29) is 17.6 Å². The highest BCUT2D eigenvalue weighted by Gasteiger charge is 2.05. The number of benzene rings is 3. The highest BCUT2D eigenvalue weighted by molar-refractivity contribution is 8.00.